The minimum atomic E-state index is -4.34. The fourth-order valence-corrected chi connectivity index (χ4v) is 1.10. The van der Waals surface area contributed by atoms with Crippen molar-refractivity contribution in [3.63, 3.8) is 0 Å². The second-order valence-corrected chi connectivity index (χ2v) is 3.13. The van der Waals surface area contributed by atoms with Gasteiger partial charge in [0.15, 0.2) is 0 Å². The molecule has 0 saturated carbocycles. The Balaban J connectivity index is 2.96. The molecule has 86 valence electrons. The molecule has 0 bridgehead atoms. The molecular formula is C10H10F3N3. The van der Waals surface area contributed by atoms with Crippen molar-refractivity contribution in [3.8, 4) is 0 Å². The monoisotopic (exact) mass is 229 g/mol. The average molecular weight is 229 g/mol. The Morgan fingerprint density at radius 1 is 1.38 bits per heavy atom. The van der Waals surface area contributed by atoms with Gasteiger partial charge in [0.2, 0.25) is 0 Å². The predicted octanol–water partition coefficient (Wildman–Crippen LogP) is 3.75. The van der Waals surface area contributed by atoms with E-state index in [1.807, 2.05) is 0 Å². The van der Waals surface area contributed by atoms with Crippen LogP contribution in [0.25, 0.3) is 0 Å². The summed E-state index contributed by atoms with van der Waals surface area (Å²) in [6.07, 6.45) is -3.28. The lowest BCUT2D eigenvalue weighted by Crippen LogP contribution is -2.04. The minimum absolute atomic E-state index is 0.125. The van der Waals surface area contributed by atoms with Gasteiger partial charge in [0.25, 0.3) is 0 Å². The van der Waals surface area contributed by atoms with E-state index in [1.54, 1.807) is 0 Å². The van der Waals surface area contributed by atoms with Gasteiger partial charge in [0, 0.05) is 6.21 Å². The van der Waals surface area contributed by atoms with Crippen LogP contribution in [-0.4, -0.2) is 12.8 Å². The normalized spacial score (nSPS) is 12.0. The number of alkyl halides is 3. The van der Waals surface area contributed by atoms with Crippen molar-refractivity contribution in [2.24, 2.45) is 10.2 Å². The zero-order chi connectivity index (χ0) is 12.2. The molecule has 0 amide bonds. The smallest absolute Gasteiger partial charge is 0.311 e. The molecule has 0 heterocycles. The van der Waals surface area contributed by atoms with Crippen LogP contribution in [0, 0.1) is 12.3 Å². The van der Waals surface area contributed by atoms with Crippen LogP contribution in [0.1, 0.15) is 11.1 Å². The summed E-state index contributed by atoms with van der Waals surface area (Å²) < 4.78 is 37.0. The molecule has 1 rings (SSSR count). The largest absolute Gasteiger partial charge is 0.416 e. The lowest BCUT2D eigenvalue weighted by Gasteiger charge is -2.07. The fourth-order valence-electron chi connectivity index (χ4n) is 1.10. The van der Waals surface area contributed by atoms with E-state index in [-0.39, 0.29) is 6.54 Å². The molecule has 0 unspecified atom stereocenters. The SMILES string of the molecule is Cc1cc(C(F)(F)F)ccc1N=NCC=N. The molecule has 0 radical (unpaired) electrons. The molecule has 6 heteroatoms. The number of nitrogens with zero attached hydrogens (tertiary/aromatic N) is 2. The maximum absolute atomic E-state index is 12.3. The molecular weight excluding hydrogens is 219 g/mol. The number of aryl methyl sites for hydroxylation is 1. The van der Waals surface area contributed by atoms with E-state index < -0.39 is 11.7 Å². The van der Waals surface area contributed by atoms with Crippen LogP contribution < -0.4 is 0 Å². The van der Waals surface area contributed by atoms with Crippen molar-refractivity contribution in [3.05, 3.63) is 29.3 Å². The Hall–Kier alpha value is -1.72. The summed E-state index contributed by atoms with van der Waals surface area (Å²) in [6.45, 7) is 1.66. The van der Waals surface area contributed by atoms with E-state index >= 15 is 0 Å². The second-order valence-electron chi connectivity index (χ2n) is 3.13. The zero-order valence-electron chi connectivity index (χ0n) is 8.54. The third kappa shape index (κ3) is 3.15. The summed E-state index contributed by atoms with van der Waals surface area (Å²) in [5.41, 5.74) is 0.0920. The van der Waals surface area contributed by atoms with E-state index in [4.69, 9.17) is 5.41 Å². The number of azo groups is 1. The number of hydrogen-bond acceptors (Lipinski definition) is 3. The van der Waals surface area contributed by atoms with Gasteiger partial charge in [-0.1, -0.05) is 0 Å². The minimum Gasteiger partial charge on any atom is -0.311 e. The van der Waals surface area contributed by atoms with Crippen molar-refractivity contribution in [1.82, 2.24) is 0 Å². The quantitative estimate of drug-likeness (QED) is 0.606. The number of hydrogen-bond donors (Lipinski definition) is 1. The Bertz CT molecular complexity index is 410. The van der Waals surface area contributed by atoms with Crippen LogP contribution in [0.5, 0.6) is 0 Å². The number of rotatable bonds is 3. The third-order valence-electron chi connectivity index (χ3n) is 1.88. The van der Waals surface area contributed by atoms with Gasteiger partial charge in [-0.3, -0.25) is 0 Å². The van der Waals surface area contributed by atoms with E-state index in [1.165, 1.54) is 13.0 Å². The summed E-state index contributed by atoms with van der Waals surface area (Å²) in [7, 11) is 0. The number of nitrogens with one attached hydrogen (secondary N) is 1. The summed E-state index contributed by atoms with van der Waals surface area (Å²) in [5.74, 6) is 0. The Morgan fingerprint density at radius 2 is 2.06 bits per heavy atom. The van der Waals surface area contributed by atoms with Gasteiger partial charge < -0.3 is 5.41 Å². The summed E-state index contributed by atoms with van der Waals surface area (Å²) in [6, 6.07) is 3.26. The van der Waals surface area contributed by atoms with Crippen LogP contribution >= 0.6 is 0 Å². The van der Waals surface area contributed by atoms with Crippen molar-refractivity contribution < 1.29 is 13.2 Å². The van der Waals surface area contributed by atoms with E-state index in [2.05, 4.69) is 10.2 Å². The lowest BCUT2D eigenvalue weighted by atomic mass is 10.1. The van der Waals surface area contributed by atoms with Crippen molar-refractivity contribution >= 4 is 11.9 Å². The summed E-state index contributed by atoms with van der Waals surface area (Å²) >= 11 is 0. The van der Waals surface area contributed by atoms with Crippen molar-refractivity contribution in [2.45, 2.75) is 13.1 Å². The first-order valence-electron chi connectivity index (χ1n) is 4.49. The highest BCUT2D eigenvalue weighted by atomic mass is 19.4. The van der Waals surface area contributed by atoms with Crippen LogP contribution in [0.3, 0.4) is 0 Å². The summed E-state index contributed by atoms with van der Waals surface area (Å²) in [4.78, 5) is 0. The molecule has 16 heavy (non-hydrogen) atoms. The van der Waals surface area contributed by atoms with Gasteiger partial charge in [0.05, 0.1) is 17.8 Å². The van der Waals surface area contributed by atoms with Gasteiger partial charge in [0.1, 0.15) is 0 Å². The fraction of sp³-hybridized carbons (Fsp3) is 0.300. The third-order valence-corrected chi connectivity index (χ3v) is 1.88. The molecule has 1 aromatic carbocycles. The van der Waals surface area contributed by atoms with Gasteiger partial charge in [-0.15, -0.1) is 0 Å². The first-order chi connectivity index (χ1) is 7.45. The zero-order valence-corrected chi connectivity index (χ0v) is 8.54. The van der Waals surface area contributed by atoms with Crippen LogP contribution in [0.4, 0.5) is 18.9 Å². The van der Waals surface area contributed by atoms with Crippen LogP contribution in [0.15, 0.2) is 28.4 Å². The predicted molar refractivity (Wildman–Crippen MR) is 54.3 cm³/mol. The van der Waals surface area contributed by atoms with Gasteiger partial charge >= 0.3 is 6.18 Å². The van der Waals surface area contributed by atoms with E-state index in [0.29, 0.717) is 11.3 Å². The highest BCUT2D eigenvalue weighted by Gasteiger charge is 2.30. The van der Waals surface area contributed by atoms with Gasteiger partial charge in [-0.25, -0.2) is 0 Å². The molecule has 0 aliphatic carbocycles. The molecule has 0 spiro atoms. The molecule has 0 fully saturated rings. The molecule has 0 aromatic heterocycles. The Labute approximate surface area is 90.5 Å². The standard InChI is InChI=1S/C10H10F3N3/c1-7-6-8(10(11,12)13)2-3-9(7)16-15-5-4-14/h2-4,6,14H,5H2,1H3. The first-order valence-corrected chi connectivity index (χ1v) is 4.49. The second kappa shape index (κ2) is 4.87. The molecule has 0 aliphatic heterocycles. The molecule has 3 nitrogen and oxygen atoms in total. The lowest BCUT2D eigenvalue weighted by molar-refractivity contribution is -0.137. The number of halogens is 3. The highest BCUT2D eigenvalue weighted by Crippen LogP contribution is 2.32. The number of benzene rings is 1. The Morgan fingerprint density at radius 3 is 2.56 bits per heavy atom. The summed E-state index contributed by atoms with van der Waals surface area (Å²) in [5, 5.41) is 14.0. The molecule has 1 N–H and O–H groups in total. The topological polar surface area (TPSA) is 48.6 Å². The first kappa shape index (κ1) is 12.4. The molecule has 0 saturated heterocycles. The maximum Gasteiger partial charge on any atom is 0.416 e. The van der Waals surface area contributed by atoms with Crippen molar-refractivity contribution in [1.29, 1.82) is 5.41 Å². The van der Waals surface area contributed by atoms with Crippen LogP contribution in [-0.2, 0) is 6.18 Å². The Kier molecular flexibility index (Phi) is 3.76. The molecule has 0 aliphatic rings. The van der Waals surface area contributed by atoms with Gasteiger partial charge in [-0.2, -0.15) is 23.4 Å². The van der Waals surface area contributed by atoms with E-state index in [0.717, 1.165) is 18.3 Å². The van der Waals surface area contributed by atoms with Gasteiger partial charge in [-0.05, 0) is 30.7 Å². The average Bonchev–Trinajstić information content (AvgIpc) is 2.19. The van der Waals surface area contributed by atoms with Crippen LogP contribution in [0.2, 0.25) is 0 Å². The van der Waals surface area contributed by atoms with Crippen molar-refractivity contribution in [2.75, 3.05) is 6.54 Å². The maximum atomic E-state index is 12.3. The molecule has 1 aromatic rings. The highest BCUT2D eigenvalue weighted by molar-refractivity contribution is 5.55. The molecule has 0 atom stereocenters. The van der Waals surface area contributed by atoms with E-state index in [9.17, 15) is 13.2 Å².